The Morgan fingerprint density at radius 2 is 2.41 bits per heavy atom. The molecule has 0 aliphatic carbocycles. The quantitative estimate of drug-likeness (QED) is 0.731. The van der Waals surface area contributed by atoms with Crippen molar-refractivity contribution in [3.05, 3.63) is 22.7 Å². The minimum Gasteiger partial charge on any atom is -0.364 e. The Morgan fingerprint density at radius 3 is 3.12 bits per heavy atom. The average molecular weight is 236 g/mol. The summed E-state index contributed by atoms with van der Waals surface area (Å²) in [6, 6.07) is 0.373. The summed E-state index contributed by atoms with van der Waals surface area (Å²) in [5.41, 5.74) is 0.0911. The first-order chi connectivity index (χ1) is 8.09. The SMILES string of the molecule is CC1(C)CCCNC1CNc1ncc[nH]c1=O. The zero-order valence-corrected chi connectivity index (χ0v) is 10.4. The van der Waals surface area contributed by atoms with Gasteiger partial charge in [-0.3, -0.25) is 4.79 Å². The maximum absolute atomic E-state index is 11.5. The molecule has 3 N–H and O–H groups in total. The molecule has 2 heterocycles. The van der Waals surface area contributed by atoms with Crippen molar-refractivity contribution < 1.29 is 0 Å². The van der Waals surface area contributed by atoms with Gasteiger partial charge >= 0.3 is 0 Å². The van der Waals surface area contributed by atoms with E-state index in [2.05, 4.69) is 34.4 Å². The zero-order valence-electron chi connectivity index (χ0n) is 10.4. The summed E-state index contributed by atoms with van der Waals surface area (Å²) < 4.78 is 0. The summed E-state index contributed by atoms with van der Waals surface area (Å²) in [6.07, 6.45) is 5.55. The first-order valence-electron chi connectivity index (χ1n) is 6.10. The molecular formula is C12H20N4O. The highest BCUT2D eigenvalue weighted by Gasteiger charge is 2.31. The van der Waals surface area contributed by atoms with Gasteiger partial charge in [-0.1, -0.05) is 13.8 Å². The Morgan fingerprint density at radius 1 is 1.59 bits per heavy atom. The van der Waals surface area contributed by atoms with Crippen LogP contribution in [-0.2, 0) is 0 Å². The third-order valence-electron chi connectivity index (χ3n) is 3.51. The lowest BCUT2D eigenvalue weighted by molar-refractivity contribution is 0.188. The van der Waals surface area contributed by atoms with Crippen LogP contribution in [0.3, 0.4) is 0 Å². The molecule has 5 nitrogen and oxygen atoms in total. The molecule has 5 heteroatoms. The fraction of sp³-hybridized carbons (Fsp3) is 0.667. The van der Waals surface area contributed by atoms with Crippen LogP contribution in [0.1, 0.15) is 26.7 Å². The van der Waals surface area contributed by atoms with Crippen molar-refractivity contribution in [1.82, 2.24) is 15.3 Å². The summed E-state index contributed by atoms with van der Waals surface area (Å²) in [7, 11) is 0. The first-order valence-corrected chi connectivity index (χ1v) is 6.10. The number of anilines is 1. The van der Waals surface area contributed by atoms with Gasteiger partial charge in [-0.25, -0.2) is 4.98 Å². The molecule has 1 fully saturated rings. The highest BCUT2D eigenvalue weighted by molar-refractivity contribution is 5.30. The van der Waals surface area contributed by atoms with E-state index in [4.69, 9.17) is 0 Å². The second kappa shape index (κ2) is 4.87. The molecule has 1 saturated heterocycles. The van der Waals surface area contributed by atoms with Crippen LogP contribution >= 0.6 is 0 Å². The Bertz CT molecular complexity index is 427. The monoisotopic (exact) mass is 236 g/mol. The maximum Gasteiger partial charge on any atom is 0.290 e. The molecule has 0 saturated carbocycles. The molecule has 0 aromatic carbocycles. The van der Waals surface area contributed by atoms with Gasteiger partial charge in [0.15, 0.2) is 5.82 Å². The third-order valence-corrected chi connectivity index (χ3v) is 3.51. The maximum atomic E-state index is 11.5. The zero-order chi connectivity index (χ0) is 12.3. The van der Waals surface area contributed by atoms with Crippen molar-refractivity contribution in [3.8, 4) is 0 Å². The molecule has 1 aliphatic rings. The van der Waals surface area contributed by atoms with Crippen molar-refractivity contribution in [1.29, 1.82) is 0 Å². The molecule has 1 unspecified atom stereocenters. The molecule has 1 aromatic heterocycles. The van der Waals surface area contributed by atoms with Gasteiger partial charge in [0.1, 0.15) is 0 Å². The van der Waals surface area contributed by atoms with E-state index < -0.39 is 0 Å². The van der Waals surface area contributed by atoms with E-state index in [0.29, 0.717) is 11.9 Å². The van der Waals surface area contributed by atoms with Gasteiger partial charge in [0, 0.05) is 25.0 Å². The fourth-order valence-corrected chi connectivity index (χ4v) is 2.30. The lowest BCUT2D eigenvalue weighted by atomic mass is 9.77. The van der Waals surface area contributed by atoms with Crippen molar-refractivity contribution in [2.45, 2.75) is 32.7 Å². The molecule has 0 spiro atoms. The summed E-state index contributed by atoms with van der Waals surface area (Å²) in [4.78, 5) is 18.1. The van der Waals surface area contributed by atoms with E-state index in [1.54, 1.807) is 6.20 Å². The minimum atomic E-state index is -0.166. The van der Waals surface area contributed by atoms with Gasteiger partial charge in [0.25, 0.3) is 5.56 Å². The largest absolute Gasteiger partial charge is 0.364 e. The van der Waals surface area contributed by atoms with E-state index in [0.717, 1.165) is 13.1 Å². The van der Waals surface area contributed by atoms with Crippen LogP contribution in [0.5, 0.6) is 0 Å². The topological polar surface area (TPSA) is 69.8 Å². The molecule has 0 bridgehead atoms. The molecule has 94 valence electrons. The number of nitrogens with zero attached hydrogens (tertiary/aromatic N) is 1. The van der Waals surface area contributed by atoms with Crippen LogP contribution < -0.4 is 16.2 Å². The summed E-state index contributed by atoms with van der Waals surface area (Å²) in [5, 5.41) is 6.62. The average Bonchev–Trinajstić information content (AvgIpc) is 2.29. The van der Waals surface area contributed by atoms with Crippen LogP contribution in [0.15, 0.2) is 17.2 Å². The van der Waals surface area contributed by atoms with Crippen LogP contribution in [0.2, 0.25) is 0 Å². The Labute approximate surface area is 101 Å². The predicted octanol–water partition coefficient (Wildman–Crippen LogP) is 0.960. The lowest BCUT2D eigenvalue weighted by Crippen LogP contribution is -2.50. The van der Waals surface area contributed by atoms with Crippen LogP contribution in [-0.4, -0.2) is 29.1 Å². The summed E-state index contributed by atoms with van der Waals surface area (Å²) >= 11 is 0. The van der Waals surface area contributed by atoms with Crippen molar-refractivity contribution in [2.75, 3.05) is 18.4 Å². The number of piperidine rings is 1. The fourth-order valence-electron chi connectivity index (χ4n) is 2.30. The molecule has 1 atom stereocenters. The first kappa shape index (κ1) is 12.1. The van der Waals surface area contributed by atoms with Gasteiger partial charge < -0.3 is 15.6 Å². The number of rotatable bonds is 3. The van der Waals surface area contributed by atoms with E-state index >= 15 is 0 Å². The minimum absolute atomic E-state index is 0.166. The van der Waals surface area contributed by atoms with Crippen LogP contribution in [0.25, 0.3) is 0 Å². The van der Waals surface area contributed by atoms with E-state index in [-0.39, 0.29) is 11.0 Å². The van der Waals surface area contributed by atoms with Gasteiger partial charge in [-0.05, 0) is 24.8 Å². The van der Waals surface area contributed by atoms with E-state index in [1.165, 1.54) is 19.0 Å². The van der Waals surface area contributed by atoms with Gasteiger partial charge in [-0.2, -0.15) is 0 Å². The second-order valence-electron chi connectivity index (χ2n) is 5.25. The predicted molar refractivity (Wildman–Crippen MR) is 68.2 cm³/mol. The van der Waals surface area contributed by atoms with Crippen molar-refractivity contribution >= 4 is 5.82 Å². The molecule has 1 aliphatic heterocycles. The van der Waals surface area contributed by atoms with Crippen molar-refractivity contribution in [2.24, 2.45) is 5.41 Å². The lowest BCUT2D eigenvalue weighted by Gasteiger charge is -2.39. The van der Waals surface area contributed by atoms with E-state index in [1.807, 2.05) is 0 Å². The standard InChI is InChI=1S/C12H20N4O/c1-12(2)4-3-5-13-9(12)8-16-10-11(17)15-7-6-14-10/h6-7,9,13H,3-5,8H2,1-2H3,(H,14,16)(H,15,17). The summed E-state index contributed by atoms with van der Waals surface area (Å²) in [6.45, 7) is 6.30. The molecule has 0 radical (unpaired) electrons. The third kappa shape index (κ3) is 2.85. The summed E-state index contributed by atoms with van der Waals surface area (Å²) in [5.74, 6) is 0.399. The highest BCUT2D eigenvalue weighted by Crippen LogP contribution is 2.29. The Hall–Kier alpha value is -1.36. The number of aromatic nitrogens is 2. The highest BCUT2D eigenvalue weighted by atomic mass is 16.1. The van der Waals surface area contributed by atoms with Gasteiger partial charge in [-0.15, -0.1) is 0 Å². The molecule has 1 aromatic rings. The number of nitrogens with one attached hydrogen (secondary N) is 3. The smallest absolute Gasteiger partial charge is 0.290 e. The molecule has 2 rings (SSSR count). The molecule has 17 heavy (non-hydrogen) atoms. The number of H-pyrrole nitrogens is 1. The Kier molecular flexibility index (Phi) is 3.47. The van der Waals surface area contributed by atoms with E-state index in [9.17, 15) is 4.79 Å². The van der Waals surface area contributed by atoms with Gasteiger partial charge in [0.05, 0.1) is 0 Å². The van der Waals surface area contributed by atoms with Gasteiger partial charge in [0.2, 0.25) is 0 Å². The second-order valence-corrected chi connectivity index (χ2v) is 5.25. The number of hydrogen-bond acceptors (Lipinski definition) is 4. The normalized spacial score (nSPS) is 23.3. The Balaban J connectivity index is 1.98. The number of aromatic amines is 1. The van der Waals surface area contributed by atoms with Crippen molar-refractivity contribution in [3.63, 3.8) is 0 Å². The van der Waals surface area contributed by atoms with Crippen LogP contribution in [0, 0.1) is 5.41 Å². The molecule has 0 amide bonds. The van der Waals surface area contributed by atoms with Crippen LogP contribution in [0.4, 0.5) is 5.82 Å². The number of hydrogen-bond donors (Lipinski definition) is 3. The molecular weight excluding hydrogens is 216 g/mol.